The summed E-state index contributed by atoms with van der Waals surface area (Å²) in [6, 6.07) is 17.9. The van der Waals surface area contributed by atoms with Crippen LogP contribution in [0, 0.1) is 6.92 Å². The van der Waals surface area contributed by atoms with E-state index in [1.165, 1.54) is 0 Å². The van der Waals surface area contributed by atoms with E-state index in [-0.39, 0.29) is 10.8 Å². The van der Waals surface area contributed by atoms with Crippen LogP contribution in [0.1, 0.15) is 30.9 Å². The molecule has 30 heavy (non-hydrogen) atoms. The van der Waals surface area contributed by atoms with Crippen molar-refractivity contribution >= 4 is 15.7 Å². The van der Waals surface area contributed by atoms with E-state index in [4.69, 9.17) is 9.47 Å². The van der Waals surface area contributed by atoms with Gasteiger partial charge in [0.25, 0.3) is 10.0 Å². The number of methoxy groups -OCH3 is 2. The summed E-state index contributed by atoms with van der Waals surface area (Å²) in [5.41, 5.74) is 4.26. The fraction of sp³-hybridized carbons (Fsp3) is 0.250. The molecule has 0 aliphatic carbocycles. The van der Waals surface area contributed by atoms with Gasteiger partial charge in [0.1, 0.15) is 11.5 Å². The Labute approximate surface area is 178 Å². The Bertz CT molecular complexity index is 1140. The van der Waals surface area contributed by atoms with Crippen LogP contribution in [-0.2, 0) is 10.0 Å². The van der Waals surface area contributed by atoms with Gasteiger partial charge in [-0.1, -0.05) is 43.7 Å². The van der Waals surface area contributed by atoms with Gasteiger partial charge in [-0.15, -0.1) is 0 Å². The van der Waals surface area contributed by atoms with Crippen LogP contribution in [0.5, 0.6) is 11.5 Å². The van der Waals surface area contributed by atoms with Gasteiger partial charge < -0.3 is 9.47 Å². The Morgan fingerprint density at radius 3 is 2.13 bits per heavy atom. The predicted octanol–water partition coefficient (Wildman–Crippen LogP) is 5.60. The quantitative estimate of drug-likeness (QED) is 0.535. The van der Waals surface area contributed by atoms with E-state index in [9.17, 15) is 8.42 Å². The maximum atomic E-state index is 12.8. The molecule has 3 aromatic rings. The standard InChI is InChI=1S/C24H27NO4S/c1-16(2)21-14-22(24(29-5)15-23(21)28-4)18-7-6-8-19(13-18)25-30(26,27)20-11-9-17(3)10-12-20/h6-16,25H,1-5H3. The molecule has 0 radical (unpaired) electrons. The highest BCUT2D eigenvalue weighted by Gasteiger charge is 2.17. The van der Waals surface area contributed by atoms with Crippen LogP contribution >= 0.6 is 0 Å². The third-order valence-corrected chi connectivity index (χ3v) is 6.33. The van der Waals surface area contributed by atoms with Gasteiger partial charge in [0.05, 0.1) is 19.1 Å². The largest absolute Gasteiger partial charge is 0.496 e. The Morgan fingerprint density at radius 2 is 1.53 bits per heavy atom. The molecule has 0 saturated carbocycles. The molecule has 0 heterocycles. The maximum absolute atomic E-state index is 12.8. The molecule has 0 aromatic heterocycles. The van der Waals surface area contributed by atoms with Gasteiger partial charge in [-0.3, -0.25) is 4.72 Å². The zero-order chi connectivity index (χ0) is 21.9. The van der Waals surface area contributed by atoms with Crippen LogP contribution in [0.15, 0.2) is 65.6 Å². The van der Waals surface area contributed by atoms with Crippen molar-refractivity contribution < 1.29 is 17.9 Å². The van der Waals surface area contributed by atoms with E-state index < -0.39 is 10.0 Å². The molecule has 0 unspecified atom stereocenters. The number of aryl methyl sites for hydroxylation is 1. The van der Waals surface area contributed by atoms with Crippen molar-refractivity contribution in [1.29, 1.82) is 0 Å². The smallest absolute Gasteiger partial charge is 0.261 e. The first-order valence-corrected chi connectivity index (χ1v) is 11.2. The molecular formula is C24H27NO4S. The number of ether oxygens (including phenoxy) is 2. The normalized spacial score (nSPS) is 11.4. The summed E-state index contributed by atoms with van der Waals surface area (Å²) < 4.78 is 39.3. The fourth-order valence-corrected chi connectivity index (χ4v) is 4.33. The first kappa shape index (κ1) is 21.7. The lowest BCUT2D eigenvalue weighted by Crippen LogP contribution is -2.12. The van der Waals surface area contributed by atoms with Gasteiger partial charge in [0.15, 0.2) is 0 Å². The van der Waals surface area contributed by atoms with Crippen LogP contribution in [0.2, 0.25) is 0 Å². The number of nitrogens with one attached hydrogen (secondary N) is 1. The molecule has 0 aliphatic heterocycles. The molecular weight excluding hydrogens is 398 g/mol. The Balaban J connectivity index is 2.01. The molecule has 0 atom stereocenters. The van der Waals surface area contributed by atoms with Crippen molar-refractivity contribution in [1.82, 2.24) is 0 Å². The molecule has 158 valence electrons. The monoisotopic (exact) mass is 425 g/mol. The number of sulfonamides is 1. The number of hydrogen-bond acceptors (Lipinski definition) is 4. The minimum Gasteiger partial charge on any atom is -0.496 e. The summed E-state index contributed by atoms with van der Waals surface area (Å²) in [5.74, 6) is 1.68. The van der Waals surface area contributed by atoms with Gasteiger partial charge >= 0.3 is 0 Å². The zero-order valence-corrected chi connectivity index (χ0v) is 18.7. The summed E-state index contributed by atoms with van der Waals surface area (Å²) >= 11 is 0. The van der Waals surface area contributed by atoms with Crippen LogP contribution in [0.25, 0.3) is 11.1 Å². The second-order valence-electron chi connectivity index (χ2n) is 7.45. The summed E-state index contributed by atoms with van der Waals surface area (Å²) in [6.07, 6.45) is 0. The van der Waals surface area contributed by atoms with E-state index in [2.05, 4.69) is 18.6 Å². The number of benzene rings is 3. The molecule has 0 fully saturated rings. The topological polar surface area (TPSA) is 64.6 Å². The first-order chi connectivity index (χ1) is 14.2. The maximum Gasteiger partial charge on any atom is 0.261 e. The van der Waals surface area contributed by atoms with Gasteiger partial charge in [0.2, 0.25) is 0 Å². The second kappa shape index (κ2) is 8.79. The molecule has 0 saturated heterocycles. The van der Waals surface area contributed by atoms with E-state index >= 15 is 0 Å². The molecule has 3 aromatic carbocycles. The van der Waals surface area contributed by atoms with Crippen LogP contribution in [0.4, 0.5) is 5.69 Å². The highest BCUT2D eigenvalue weighted by molar-refractivity contribution is 7.92. The van der Waals surface area contributed by atoms with Crippen molar-refractivity contribution in [3.05, 3.63) is 71.8 Å². The zero-order valence-electron chi connectivity index (χ0n) is 17.9. The Kier molecular flexibility index (Phi) is 6.37. The average molecular weight is 426 g/mol. The van der Waals surface area contributed by atoms with Crippen molar-refractivity contribution in [3.63, 3.8) is 0 Å². The summed E-state index contributed by atoms with van der Waals surface area (Å²) in [4.78, 5) is 0.225. The molecule has 0 amide bonds. The average Bonchev–Trinajstić information content (AvgIpc) is 2.72. The lowest BCUT2D eigenvalue weighted by atomic mass is 9.95. The molecule has 6 heteroatoms. The predicted molar refractivity (Wildman–Crippen MR) is 121 cm³/mol. The molecule has 0 aliphatic rings. The molecule has 0 spiro atoms. The van der Waals surface area contributed by atoms with E-state index in [0.717, 1.165) is 28.0 Å². The molecule has 0 bridgehead atoms. The molecule has 5 nitrogen and oxygen atoms in total. The van der Waals surface area contributed by atoms with E-state index in [1.54, 1.807) is 50.6 Å². The molecule has 1 N–H and O–H groups in total. The second-order valence-corrected chi connectivity index (χ2v) is 9.13. The minimum atomic E-state index is -3.68. The minimum absolute atomic E-state index is 0.225. The van der Waals surface area contributed by atoms with Crippen LogP contribution in [0.3, 0.4) is 0 Å². The lowest BCUT2D eigenvalue weighted by Gasteiger charge is -2.18. The lowest BCUT2D eigenvalue weighted by molar-refractivity contribution is 0.390. The number of rotatable bonds is 7. The molecule has 3 rings (SSSR count). The van der Waals surface area contributed by atoms with E-state index in [0.29, 0.717) is 11.4 Å². The first-order valence-electron chi connectivity index (χ1n) is 9.71. The summed E-state index contributed by atoms with van der Waals surface area (Å²) in [5, 5.41) is 0. The van der Waals surface area contributed by atoms with Crippen molar-refractivity contribution in [2.24, 2.45) is 0 Å². The van der Waals surface area contributed by atoms with Crippen LogP contribution in [-0.4, -0.2) is 22.6 Å². The highest BCUT2D eigenvalue weighted by Crippen LogP contribution is 2.39. The van der Waals surface area contributed by atoms with Gasteiger partial charge in [-0.05, 0) is 54.3 Å². The van der Waals surface area contributed by atoms with Crippen molar-refractivity contribution in [3.8, 4) is 22.6 Å². The SMILES string of the molecule is COc1cc(OC)c(C(C)C)cc1-c1cccc(NS(=O)(=O)c2ccc(C)cc2)c1. The van der Waals surface area contributed by atoms with Gasteiger partial charge in [-0.25, -0.2) is 8.42 Å². The number of anilines is 1. The summed E-state index contributed by atoms with van der Waals surface area (Å²) in [7, 11) is -0.430. The van der Waals surface area contributed by atoms with E-state index in [1.807, 2.05) is 31.2 Å². The highest BCUT2D eigenvalue weighted by atomic mass is 32.2. The van der Waals surface area contributed by atoms with Gasteiger partial charge in [-0.2, -0.15) is 0 Å². The van der Waals surface area contributed by atoms with Crippen molar-refractivity contribution in [2.75, 3.05) is 18.9 Å². The summed E-state index contributed by atoms with van der Waals surface area (Å²) in [6.45, 7) is 6.11. The Hall–Kier alpha value is -2.99. The van der Waals surface area contributed by atoms with Crippen molar-refractivity contribution in [2.45, 2.75) is 31.6 Å². The fourth-order valence-electron chi connectivity index (χ4n) is 3.28. The third-order valence-electron chi connectivity index (χ3n) is 4.93. The Morgan fingerprint density at radius 1 is 0.867 bits per heavy atom. The van der Waals surface area contributed by atoms with Gasteiger partial charge in [0, 0.05) is 17.3 Å². The number of hydrogen-bond donors (Lipinski definition) is 1. The van der Waals surface area contributed by atoms with Crippen LogP contribution < -0.4 is 14.2 Å². The third kappa shape index (κ3) is 4.60.